The molecule has 0 amide bonds. The zero-order valence-corrected chi connectivity index (χ0v) is 11.8. The van der Waals surface area contributed by atoms with Crippen molar-refractivity contribution < 1.29 is 0 Å². The van der Waals surface area contributed by atoms with Gasteiger partial charge in [0, 0.05) is 18.6 Å². The van der Waals surface area contributed by atoms with E-state index in [1.54, 1.807) is 0 Å². The van der Waals surface area contributed by atoms with Crippen LogP contribution in [0.15, 0.2) is 18.2 Å². The zero-order valence-electron chi connectivity index (χ0n) is 10.3. The van der Waals surface area contributed by atoms with Gasteiger partial charge in [0.2, 0.25) is 0 Å². The third-order valence-corrected chi connectivity index (χ3v) is 3.41. The standard InChI is InChI=1S/C13H19Cl2N/c1-9(2)16(10(3)4)8-11-5-6-12(14)13(15)7-11/h5-7,9-10H,8H2,1-4H3. The molecule has 16 heavy (non-hydrogen) atoms. The predicted molar refractivity (Wildman–Crippen MR) is 72.3 cm³/mol. The van der Waals surface area contributed by atoms with Gasteiger partial charge in [0.15, 0.2) is 0 Å². The van der Waals surface area contributed by atoms with Crippen molar-refractivity contribution in [2.24, 2.45) is 0 Å². The molecule has 0 aromatic heterocycles. The van der Waals surface area contributed by atoms with Gasteiger partial charge in [-0.05, 0) is 45.4 Å². The highest BCUT2D eigenvalue weighted by Gasteiger charge is 2.14. The van der Waals surface area contributed by atoms with Crippen LogP contribution in [0.5, 0.6) is 0 Å². The monoisotopic (exact) mass is 259 g/mol. The minimum absolute atomic E-state index is 0.523. The smallest absolute Gasteiger partial charge is 0.0595 e. The first kappa shape index (κ1) is 13.8. The number of hydrogen-bond acceptors (Lipinski definition) is 1. The Morgan fingerprint density at radius 1 is 1.00 bits per heavy atom. The molecule has 0 aliphatic carbocycles. The Kier molecular flexibility index (Phi) is 5.10. The first-order valence-electron chi connectivity index (χ1n) is 5.61. The van der Waals surface area contributed by atoms with Crippen LogP contribution in [0.1, 0.15) is 33.3 Å². The predicted octanol–water partition coefficient (Wildman–Crippen LogP) is 4.61. The molecule has 0 aliphatic heterocycles. The second kappa shape index (κ2) is 5.90. The molecular weight excluding hydrogens is 241 g/mol. The van der Waals surface area contributed by atoms with E-state index in [2.05, 4.69) is 32.6 Å². The average Bonchev–Trinajstić information content (AvgIpc) is 2.18. The summed E-state index contributed by atoms with van der Waals surface area (Å²) < 4.78 is 0. The van der Waals surface area contributed by atoms with Gasteiger partial charge in [-0.3, -0.25) is 4.90 Å². The van der Waals surface area contributed by atoms with Crippen molar-refractivity contribution in [1.29, 1.82) is 0 Å². The number of nitrogens with zero attached hydrogens (tertiary/aromatic N) is 1. The van der Waals surface area contributed by atoms with Crippen LogP contribution in [-0.2, 0) is 6.54 Å². The van der Waals surface area contributed by atoms with E-state index in [0.717, 1.165) is 6.54 Å². The van der Waals surface area contributed by atoms with E-state index in [4.69, 9.17) is 23.2 Å². The molecule has 0 unspecified atom stereocenters. The largest absolute Gasteiger partial charge is 0.294 e. The summed E-state index contributed by atoms with van der Waals surface area (Å²) in [6.07, 6.45) is 0. The van der Waals surface area contributed by atoms with Gasteiger partial charge in [0.1, 0.15) is 0 Å². The lowest BCUT2D eigenvalue weighted by Crippen LogP contribution is -2.36. The maximum Gasteiger partial charge on any atom is 0.0595 e. The highest BCUT2D eigenvalue weighted by molar-refractivity contribution is 6.42. The van der Waals surface area contributed by atoms with Gasteiger partial charge >= 0.3 is 0 Å². The Bertz CT molecular complexity index is 340. The molecule has 0 heterocycles. The molecule has 0 fully saturated rings. The first-order valence-corrected chi connectivity index (χ1v) is 6.37. The highest BCUT2D eigenvalue weighted by atomic mass is 35.5. The molecule has 1 nitrogen and oxygen atoms in total. The van der Waals surface area contributed by atoms with Crippen molar-refractivity contribution in [3.8, 4) is 0 Å². The second-order valence-electron chi connectivity index (χ2n) is 4.61. The van der Waals surface area contributed by atoms with Crippen LogP contribution >= 0.6 is 23.2 Å². The molecule has 0 N–H and O–H groups in total. The normalized spacial score (nSPS) is 11.8. The summed E-state index contributed by atoms with van der Waals surface area (Å²) in [5.74, 6) is 0. The molecule has 0 spiro atoms. The van der Waals surface area contributed by atoms with E-state index in [9.17, 15) is 0 Å². The van der Waals surface area contributed by atoms with E-state index in [1.165, 1.54) is 5.56 Å². The number of benzene rings is 1. The van der Waals surface area contributed by atoms with Gasteiger partial charge in [-0.1, -0.05) is 29.3 Å². The third-order valence-electron chi connectivity index (χ3n) is 2.68. The van der Waals surface area contributed by atoms with Crippen LogP contribution in [-0.4, -0.2) is 17.0 Å². The minimum atomic E-state index is 0.523. The van der Waals surface area contributed by atoms with Gasteiger partial charge in [-0.2, -0.15) is 0 Å². The lowest BCUT2D eigenvalue weighted by atomic mass is 10.1. The van der Waals surface area contributed by atoms with Gasteiger partial charge in [-0.25, -0.2) is 0 Å². The van der Waals surface area contributed by atoms with Crippen molar-refractivity contribution in [2.45, 2.75) is 46.3 Å². The Morgan fingerprint density at radius 2 is 1.56 bits per heavy atom. The molecular formula is C13H19Cl2N. The number of rotatable bonds is 4. The summed E-state index contributed by atoms with van der Waals surface area (Å²) in [4.78, 5) is 2.42. The van der Waals surface area contributed by atoms with Crippen molar-refractivity contribution in [3.63, 3.8) is 0 Å². The van der Waals surface area contributed by atoms with Crippen LogP contribution in [0.3, 0.4) is 0 Å². The average molecular weight is 260 g/mol. The molecule has 1 aromatic carbocycles. The van der Waals surface area contributed by atoms with Crippen LogP contribution in [0, 0.1) is 0 Å². The summed E-state index contributed by atoms with van der Waals surface area (Å²) in [7, 11) is 0. The highest BCUT2D eigenvalue weighted by Crippen LogP contribution is 2.24. The van der Waals surface area contributed by atoms with Crippen LogP contribution < -0.4 is 0 Å². The fourth-order valence-corrected chi connectivity index (χ4v) is 2.13. The van der Waals surface area contributed by atoms with Gasteiger partial charge in [0.05, 0.1) is 10.0 Å². The molecule has 0 aliphatic rings. The Balaban J connectivity index is 2.81. The van der Waals surface area contributed by atoms with E-state index in [1.807, 2.05) is 18.2 Å². The first-order chi connectivity index (χ1) is 7.41. The maximum atomic E-state index is 6.01. The topological polar surface area (TPSA) is 3.24 Å². The van der Waals surface area contributed by atoms with Crippen LogP contribution in [0.2, 0.25) is 10.0 Å². The summed E-state index contributed by atoms with van der Waals surface area (Å²) in [5, 5.41) is 1.25. The SMILES string of the molecule is CC(C)N(Cc1ccc(Cl)c(Cl)c1)C(C)C. The van der Waals surface area contributed by atoms with Crippen molar-refractivity contribution in [2.75, 3.05) is 0 Å². The summed E-state index contributed by atoms with van der Waals surface area (Å²) in [6, 6.07) is 6.88. The molecule has 0 saturated carbocycles. The quantitative estimate of drug-likeness (QED) is 0.764. The van der Waals surface area contributed by atoms with E-state index in [-0.39, 0.29) is 0 Å². The molecule has 0 saturated heterocycles. The number of hydrogen-bond donors (Lipinski definition) is 0. The molecule has 90 valence electrons. The second-order valence-corrected chi connectivity index (χ2v) is 5.42. The van der Waals surface area contributed by atoms with Crippen molar-refractivity contribution >= 4 is 23.2 Å². The number of halogens is 2. The van der Waals surface area contributed by atoms with Crippen LogP contribution in [0.25, 0.3) is 0 Å². The zero-order chi connectivity index (χ0) is 12.3. The molecule has 0 radical (unpaired) electrons. The maximum absolute atomic E-state index is 6.01. The lowest BCUT2D eigenvalue weighted by molar-refractivity contribution is 0.166. The van der Waals surface area contributed by atoms with E-state index >= 15 is 0 Å². The molecule has 1 aromatic rings. The van der Waals surface area contributed by atoms with Gasteiger partial charge in [0.25, 0.3) is 0 Å². The summed E-state index contributed by atoms with van der Waals surface area (Å²) in [6.45, 7) is 9.73. The molecule has 0 bridgehead atoms. The van der Waals surface area contributed by atoms with Gasteiger partial charge in [-0.15, -0.1) is 0 Å². The van der Waals surface area contributed by atoms with Gasteiger partial charge < -0.3 is 0 Å². The molecule has 1 rings (SSSR count). The summed E-state index contributed by atoms with van der Waals surface area (Å²) >= 11 is 11.9. The van der Waals surface area contributed by atoms with Crippen LogP contribution in [0.4, 0.5) is 0 Å². The van der Waals surface area contributed by atoms with Crippen molar-refractivity contribution in [1.82, 2.24) is 4.90 Å². The van der Waals surface area contributed by atoms with E-state index < -0.39 is 0 Å². The Hall–Kier alpha value is -0.240. The fraction of sp³-hybridized carbons (Fsp3) is 0.538. The van der Waals surface area contributed by atoms with E-state index in [0.29, 0.717) is 22.1 Å². The third kappa shape index (κ3) is 3.65. The summed E-state index contributed by atoms with van der Waals surface area (Å²) in [5.41, 5.74) is 1.21. The lowest BCUT2D eigenvalue weighted by Gasteiger charge is -2.30. The Morgan fingerprint density at radius 3 is 2.00 bits per heavy atom. The minimum Gasteiger partial charge on any atom is -0.294 e. The molecule has 0 atom stereocenters. The Labute approximate surface area is 108 Å². The molecule has 3 heteroatoms. The fourth-order valence-electron chi connectivity index (χ4n) is 1.81. The van der Waals surface area contributed by atoms with Crippen molar-refractivity contribution in [3.05, 3.63) is 33.8 Å².